The first kappa shape index (κ1) is 19.9. The maximum absolute atomic E-state index is 11.8. The zero-order chi connectivity index (χ0) is 18.9. The molecule has 0 aliphatic carbocycles. The Morgan fingerprint density at radius 1 is 1.46 bits per heavy atom. The molecule has 2 rings (SSSR count). The molecular formula is C17H25N5O3S. The van der Waals surface area contributed by atoms with E-state index in [0.29, 0.717) is 25.4 Å². The van der Waals surface area contributed by atoms with E-state index in [1.807, 2.05) is 24.3 Å². The van der Waals surface area contributed by atoms with Crippen LogP contribution in [0.4, 0.5) is 0 Å². The first-order chi connectivity index (χ1) is 12.5. The number of amides is 1. The Morgan fingerprint density at radius 3 is 2.88 bits per heavy atom. The second kappa shape index (κ2) is 9.93. The summed E-state index contributed by atoms with van der Waals surface area (Å²) in [6, 6.07) is 3.31. The Balaban J connectivity index is 1.77. The van der Waals surface area contributed by atoms with Gasteiger partial charge in [-0.05, 0) is 19.1 Å². The maximum atomic E-state index is 11.8. The van der Waals surface area contributed by atoms with Gasteiger partial charge in [-0.3, -0.25) is 9.79 Å². The monoisotopic (exact) mass is 379 g/mol. The van der Waals surface area contributed by atoms with Gasteiger partial charge in [0.25, 0.3) is 5.91 Å². The van der Waals surface area contributed by atoms with E-state index in [-0.39, 0.29) is 12.0 Å². The van der Waals surface area contributed by atoms with Crippen LogP contribution in [-0.4, -0.2) is 56.0 Å². The van der Waals surface area contributed by atoms with Gasteiger partial charge in [0.05, 0.1) is 18.5 Å². The standard InChI is InChI=1S/C17H25N5O3S/c1-12(24-4)16-21-13(11-26-16)10-22(3)17(18-2)20-8-7-19-15(23)14-6-5-9-25-14/h5-6,9,11-12H,7-8,10H2,1-4H3,(H,18,20)(H,19,23). The van der Waals surface area contributed by atoms with Crippen molar-refractivity contribution in [2.24, 2.45) is 4.99 Å². The number of rotatable bonds is 8. The van der Waals surface area contributed by atoms with Crippen molar-refractivity contribution in [2.45, 2.75) is 19.6 Å². The summed E-state index contributed by atoms with van der Waals surface area (Å²) in [5.41, 5.74) is 0.963. The highest BCUT2D eigenvalue weighted by Gasteiger charge is 2.13. The Labute approximate surface area is 157 Å². The van der Waals surface area contributed by atoms with E-state index in [4.69, 9.17) is 9.15 Å². The summed E-state index contributed by atoms with van der Waals surface area (Å²) in [7, 11) is 5.34. The van der Waals surface area contributed by atoms with Crippen molar-refractivity contribution in [3.63, 3.8) is 0 Å². The summed E-state index contributed by atoms with van der Waals surface area (Å²) >= 11 is 1.59. The predicted molar refractivity (Wildman–Crippen MR) is 101 cm³/mol. The molecule has 0 saturated heterocycles. The summed E-state index contributed by atoms with van der Waals surface area (Å²) in [6.07, 6.45) is 1.47. The number of methoxy groups -OCH3 is 1. The van der Waals surface area contributed by atoms with Crippen molar-refractivity contribution in [3.8, 4) is 0 Å². The number of aliphatic imine (C=N–C) groups is 1. The molecule has 2 N–H and O–H groups in total. The summed E-state index contributed by atoms with van der Waals surface area (Å²) in [5.74, 6) is 0.796. The van der Waals surface area contributed by atoms with E-state index in [1.165, 1.54) is 6.26 Å². The first-order valence-electron chi connectivity index (χ1n) is 8.25. The number of hydrogen-bond acceptors (Lipinski definition) is 6. The molecule has 0 spiro atoms. The predicted octanol–water partition coefficient (Wildman–Crippen LogP) is 1.88. The summed E-state index contributed by atoms with van der Waals surface area (Å²) in [6.45, 7) is 3.61. The van der Waals surface area contributed by atoms with Gasteiger partial charge in [0.1, 0.15) is 11.1 Å². The quantitative estimate of drug-likeness (QED) is 0.413. The largest absolute Gasteiger partial charge is 0.459 e. The van der Waals surface area contributed by atoms with Crippen molar-refractivity contribution < 1.29 is 13.9 Å². The van der Waals surface area contributed by atoms with Crippen LogP contribution >= 0.6 is 11.3 Å². The first-order valence-corrected chi connectivity index (χ1v) is 9.13. The lowest BCUT2D eigenvalue weighted by molar-refractivity contribution is 0.0926. The SMILES string of the molecule is CN=C(NCCNC(=O)c1ccco1)N(C)Cc1csc(C(C)OC)n1. The number of carbonyl (C=O) groups excluding carboxylic acids is 1. The van der Waals surface area contributed by atoms with Crippen molar-refractivity contribution in [3.05, 3.63) is 40.2 Å². The van der Waals surface area contributed by atoms with Crippen LogP contribution in [0.25, 0.3) is 0 Å². The minimum atomic E-state index is -0.234. The summed E-state index contributed by atoms with van der Waals surface area (Å²) < 4.78 is 10.3. The topological polar surface area (TPSA) is 92.0 Å². The van der Waals surface area contributed by atoms with Crippen LogP contribution in [0, 0.1) is 0 Å². The van der Waals surface area contributed by atoms with E-state index in [0.717, 1.165) is 16.7 Å². The molecule has 1 atom stereocenters. The number of furan rings is 1. The van der Waals surface area contributed by atoms with Gasteiger partial charge in [-0.1, -0.05) is 0 Å². The molecule has 1 unspecified atom stereocenters. The molecule has 0 fully saturated rings. The Morgan fingerprint density at radius 2 is 2.23 bits per heavy atom. The van der Waals surface area contributed by atoms with E-state index < -0.39 is 0 Å². The smallest absolute Gasteiger partial charge is 0.287 e. The number of guanidine groups is 1. The fraction of sp³-hybridized carbons (Fsp3) is 0.471. The van der Waals surface area contributed by atoms with Crippen LogP contribution < -0.4 is 10.6 Å². The molecule has 142 valence electrons. The third-order valence-corrected chi connectivity index (χ3v) is 4.74. The lowest BCUT2D eigenvalue weighted by atomic mass is 10.4. The van der Waals surface area contributed by atoms with E-state index >= 15 is 0 Å². The molecule has 2 heterocycles. The van der Waals surface area contributed by atoms with Crippen molar-refractivity contribution in [2.75, 3.05) is 34.3 Å². The molecule has 1 amide bonds. The van der Waals surface area contributed by atoms with Gasteiger partial charge in [0.15, 0.2) is 11.7 Å². The van der Waals surface area contributed by atoms with Crippen LogP contribution in [0.15, 0.2) is 33.2 Å². The average Bonchev–Trinajstić information content (AvgIpc) is 3.32. The molecule has 9 heteroatoms. The fourth-order valence-electron chi connectivity index (χ4n) is 2.23. The van der Waals surface area contributed by atoms with Gasteiger partial charge >= 0.3 is 0 Å². The summed E-state index contributed by atoms with van der Waals surface area (Å²) in [5, 5.41) is 8.98. The minimum Gasteiger partial charge on any atom is -0.459 e. The molecule has 26 heavy (non-hydrogen) atoms. The number of nitrogens with zero attached hydrogens (tertiary/aromatic N) is 3. The van der Waals surface area contributed by atoms with Crippen molar-refractivity contribution >= 4 is 23.2 Å². The highest BCUT2D eigenvalue weighted by atomic mass is 32.1. The van der Waals surface area contributed by atoms with Crippen LogP contribution in [0.1, 0.15) is 34.3 Å². The highest BCUT2D eigenvalue weighted by Crippen LogP contribution is 2.20. The van der Waals surface area contributed by atoms with Crippen LogP contribution in [0.5, 0.6) is 0 Å². The Bertz CT molecular complexity index is 714. The molecule has 0 aromatic carbocycles. The van der Waals surface area contributed by atoms with Crippen LogP contribution in [-0.2, 0) is 11.3 Å². The molecule has 0 bridgehead atoms. The highest BCUT2D eigenvalue weighted by molar-refractivity contribution is 7.09. The number of nitrogens with one attached hydrogen (secondary N) is 2. The second-order valence-electron chi connectivity index (χ2n) is 5.62. The Hall–Kier alpha value is -2.39. The zero-order valence-corrected chi connectivity index (χ0v) is 16.3. The van der Waals surface area contributed by atoms with Gasteiger partial charge in [0, 0.05) is 39.7 Å². The van der Waals surface area contributed by atoms with Crippen LogP contribution in [0.2, 0.25) is 0 Å². The van der Waals surface area contributed by atoms with Crippen molar-refractivity contribution in [1.29, 1.82) is 0 Å². The Kier molecular flexibility index (Phi) is 7.61. The molecule has 8 nitrogen and oxygen atoms in total. The van der Waals surface area contributed by atoms with Gasteiger partial charge in [-0.2, -0.15) is 0 Å². The molecule has 0 saturated carbocycles. The third-order valence-electron chi connectivity index (χ3n) is 3.68. The molecule has 0 aliphatic rings. The lowest BCUT2D eigenvalue weighted by Gasteiger charge is -2.21. The summed E-state index contributed by atoms with van der Waals surface area (Å²) in [4.78, 5) is 22.6. The van der Waals surface area contributed by atoms with E-state index in [9.17, 15) is 4.79 Å². The minimum absolute atomic E-state index is 0.00531. The average molecular weight is 379 g/mol. The molecule has 2 aromatic rings. The van der Waals surface area contributed by atoms with Gasteiger partial charge in [-0.25, -0.2) is 4.98 Å². The van der Waals surface area contributed by atoms with Gasteiger partial charge < -0.3 is 24.7 Å². The lowest BCUT2D eigenvalue weighted by Crippen LogP contribution is -2.42. The number of aromatic nitrogens is 1. The molecular weight excluding hydrogens is 354 g/mol. The molecule has 0 aliphatic heterocycles. The number of carbonyl (C=O) groups is 1. The maximum Gasteiger partial charge on any atom is 0.287 e. The number of thiazole rings is 1. The number of ether oxygens (including phenoxy) is 1. The van der Waals surface area contributed by atoms with Crippen molar-refractivity contribution in [1.82, 2.24) is 20.5 Å². The second-order valence-corrected chi connectivity index (χ2v) is 6.51. The van der Waals surface area contributed by atoms with Gasteiger partial charge in [0.2, 0.25) is 0 Å². The molecule has 0 radical (unpaired) electrons. The zero-order valence-electron chi connectivity index (χ0n) is 15.5. The van der Waals surface area contributed by atoms with E-state index in [1.54, 1.807) is 37.6 Å². The van der Waals surface area contributed by atoms with E-state index in [2.05, 4.69) is 20.6 Å². The fourth-order valence-corrected chi connectivity index (χ4v) is 3.07. The third kappa shape index (κ3) is 5.57. The number of hydrogen-bond donors (Lipinski definition) is 2. The normalized spacial score (nSPS) is 12.7. The van der Waals surface area contributed by atoms with Gasteiger partial charge in [-0.15, -0.1) is 11.3 Å². The van der Waals surface area contributed by atoms with Crippen LogP contribution in [0.3, 0.4) is 0 Å². The molecule has 2 aromatic heterocycles.